The highest BCUT2D eigenvalue weighted by Gasteiger charge is 2.23. The van der Waals surface area contributed by atoms with Crippen molar-refractivity contribution in [2.24, 2.45) is 0 Å². The second-order valence-electron chi connectivity index (χ2n) is 4.58. The Morgan fingerprint density at radius 3 is 2.35 bits per heavy atom. The van der Waals surface area contributed by atoms with Crippen molar-refractivity contribution in [1.29, 1.82) is 0 Å². The Morgan fingerprint density at radius 1 is 1.30 bits per heavy atom. The number of nitrogens with one attached hydrogen (secondary N) is 1. The number of hydrogen-bond acceptors (Lipinski definition) is 3. The summed E-state index contributed by atoms with van der Waals surface area (Å²) < 4.78 is 49.7. The molecule has 1 rings (SSSR count). The first kappa shape index (κ1) is 16.5. The van der Waals surface area contributed by atoms with Crippen LogP contribution < -0.4 is 5.32 Å². The molecule has 5 nitrogen and oxygen atoms in total. The number of anilines is 1. The zero-order valence-electron chi connectivity index (χ0n) is 11.4. The number of carbonyl (C=O) groups excluding carboxylic acids is 1. The molecule has 8 heteroatoms. The number of benzene rings is 1. The van der Waals surface area contributed by atoms with Crippen molar-refractivity contribution in [2.45, 2.75) is 19.9 Å². The van der Waals surface area contributed by atoms with Crippen LogP contribution in [0.5, 0.6) is 0 Å². The molecule has 112 valence electrons. The van der Waals surface area contributed by atoms with Crippen LogP contribution in [-0.2, 0) is 14.8 Å². The molecule has 0 unspecified atom stereocenters. The number of halogens is 2. The monoisotopic (exact) mass is 306 g/mol. The van der Waals surface area contributed by atoms with E-state index in [2.05, 4.69) is 5.32 Å². The van der Waals surface area contributed by atoms with Gasteiger partial charge in [-0.3, -0.25) is 4.79 Å². The normalized spacial score (nSPS) is 11.9. The smallest absolute Gasteiger partial charge is 0.239 e. The third kappa shape index (κ3) is 4.53. The molecule has 0 spiro atoms. The highest BCUT2D eigenvalue weighted by Crippen LogP contribution is 2.13. The lowest BCUT2D eigenvalue weighted by Gasteiger charge is -2.23. The summed E-state index contributed by atoms with van der Waals surface area (Å²) in [6.07, 6.45) is 0.998. The zero-order valence-corrected chi connectivity index (χ0v) is 12.2. The summed E-state index contributed by atoms with van der Waals surface area (Å²) in [4.78, 5) is 11.7. The van der Waals surface area contributed by atoms with Gasteiger partial charge in [0.25, 0.3) is 0 Å². The van der Waals surface area contributed by atoms with E-state index in [1.165, 1.54) is 6.07 Å². The van der Waals surface area contributed by atoms with E-state index in [1.54, 1.807) is 13.8 Å². The topological polar surface area (TPSA) is 66.5 Å². The number of sulfonamides is 1. The Hall–Kier alpha value is -1.54. The minimum atomic E-state index is -3.53. The average molecular weight is 306 g/mol. The molecule has 0 saturated heterocycles. The predicted octanol–water partition coefficient (Wildman–Crippen LogP) is 1.57. The molecule has 0 bridgehead atoms. The van der Waals surface area contributed by atoms with Gasteiger partial charge in [-0.15, -0.1) is 0 Å². The maximum absolute atomic E-state index is 13.0. The molecule has 0 aliphatic rings. The number of carbonyl (C=O) groups is 1. The number of nitrogens with zero attached hydrogens (tertiary/aromatic N) is 1. The average Bonchev–Trinajstić information content (AvgIpc) is 2.29. The fourth-order valence-electron chi connectivity index (χ4n) is 1.60. The van der Waals surface area contributed by atoms with Crippen LogP contribution in [0.1, 0.15) is 13.8 Å². The number of hydrogen-bond donors (Lipinski definition) is 1. The minimum Gasteiger partial charge on any atom is -0.325 e. The lowest BCUT2D eigenvalue weighted by molar-refractivity contribution is -0.116. The van der Waals surface area contributed by atoms with E-state index in [1.807, 2.05) is 0 Å². The Bertz CT molecular complexity index is 603. The molecule has 1 aromatic rings. The van der Waals surface area contributed by atoms with Crippen LogP contribution in [0.4, 0.5) is 14.5 Å². The first-order valence-corrected chi connectivity index (χ1v) is 7.68. The third-order valence-electron chi connectivity index (χ3n) is 2.50. The quantitative estimate of drug-likeness (QED) is 0.898. The molecule has 0 aliphatic heterocycles. The zero-order chi connectivity index (χ0) is 15.5. The van der Waals surface area contributed by atoms with Crippen molar-refractivity contribution < 1.29 is 22.0 Å². The van der Waals surface area contributed by atoms with Gasteiger partial charge in [-0.1, -0.05) is 0 Å². The molecular formula is C12H16F2N2O3S. The highest BCUT2D eigenvalue weighted by molar-refractivity contribution is 7.88. The van der Waals surface area contributed by atoms with Crippen LogP contribution in [0.25, 0.3) is 0 Å². The van der Waals surface area contributed by atoms with E-state index in [-0.39, 0.29) is 11.7 Å². The molecule has 20 heavy (non-hydrogen) atoms. The SMILES string of the molecule is CC(C)N(CC(=O)Nc1ccc(F)c(F)c1)S(C)(=O)=O. The van der Waals surface area contributed by atoms with Crippen molar-refractivity contribution in [3.63, 3.8) is 0 Å². The summed E-state index contributed by atoms with van der Waals surface area (Å²) >= 11 is 0. The van der Waals surface area contributed by atoms with Gasteiger partial charge >= 0.3 is 0 Å². The van der Waals surface area contributed by atoms with Crippen LogP contribution in [0, 0.1) is 11.6 Å². The van der Waals surface area contributed by atoms with Crippen molar-refractivity contribution in [1.82, 2.24) is 4.31 Å². The van der Waals surface area contributed by atoms with Crippen LogP contribution in [0.2, 0.25) is 0 Å². The van der Waals surface area contributed by atoms with Crippen LogP contribution in [0.15, 0.2) is 18.2 Å². The van der Waals surface area contributed by atoms with E-state index >= 15 is 0 Å². The van der Waals surface area contributed by atoms with Gasteiger partial charge in [0, 0.05) is 17.8 Å². The molecule has 1 N–H and O–H groups in total. The largest absolute Gasteiger partial charge is 0.325 e. The van der Waals surface area contributed by atoms with Crippen LogP contribution in [0.3, 0.4) is 0 Å². The summed E-state index contributed by atoms with van der Waals surface area (Å²) in [7, 11) is -3.53. The number of amides is 1. The fourth-order valence-corrected chi connectivity index (χ4v) is 2.72. The Balaban J connectivity index is 2.78. The first-order chi connectivity index (χ1) is 9.11. The molecule has 0 atom stereocenters. The molecule has 0 radical (unpaired) electrons. The van der Waals surface area contributed by atoms with Crippen LogP contribution >= 0.6 is 0 Å². The molecule has 0 aliphatic carbocycles. The summed E-state index contributed by atoms with van der Waals surface area (Å²) in [5, 5.41) is 2.32. The molecule has 0 aromatic heterocycles. The van der Waals surface area contributed by atoms with Gasteiger partial charge in [0.15, 0.2) is 11.6 Å². The summed E-state index contributed by atoms with van der Waals surface area (Å²) in [5.41, 5.74) is 0.0612. The van der Waals surface area contributed by atoms with Gasteiger partial charge in [0.1, 0.15) is 0 Å². The van der Waals surface area contributed by atoms with E-state index in [0.29, 0.717) is 0 Å². The van der Waals surface area contributed by atoms with Gasteiger partial charge in [0.2, 0.25) is 15.9 Å². The van der Waals surface area contributed by atoms with Crippen LogP contribution in [-0.4, -0.2) is 37.5 Å². The Morgan fingerprint density at radius 2 is 1.90 bits per heavy atom. The second kappa shape index (κ2) is 6.27. The Kier molecular flexibility index (Phi) is 5.18. The summed E-state index contributed by atoms with van der Waals surface area (Å²) in [6, 6.07) is 2.51. The lowest BCUT2D eigenvalue weighted by atomic mass is 10.3. The van der Waals surface area contributed by atoms with E-state index < -0.39 is 34.1 Å². The van der Waals surface area contributed by atoms with Gasteiger partial charge in [-0.05, 0) is 26.0 Å². The molecule has 1 amide bonds. The molecule has 0 saturated carbocycles. The number of rotatable bonds is 5. The van der Waals surface area contributed by atoms with Gasteiger partial charge in [-0.25, -0.2) is 17.2 Å². The van der Waals surface area contributed by atoms with Gasteiger partial charge < -0.3 is 5.32 Å². The Labute approximate surface area is 116 Å². The van der Waals surface area contributed by atoms with Gasteiger partial charge in [0.05, 0.1) is 12.8 Å². The predicted molar refractivity (Wildman–Crippen MR) is 71.7 cm³/mol. The van der Waals surface area contributed by atoms with E-state index in [0.717, 1.165) is 22.7 Å². The summed E-state index contributed by atoms with van der Waals surface area (Å²) in [5.74, 6) is -2.75. The van der Waals surface area contributed by atoms with Crippen molar-refractivity contribution in [2.75, 3.05) is 18.1 Å². The highest BCUT2D eigenvalue weighted by atomic mass is 32.2. The van der Waals surface area contributed by atoms with Gasteiger partial charge in [-0.2, -0.15) is 4.31 Å². The maximum atomic E-state index is 13.0. The first-order valence-electron chi connectivity index (χ1n) is 5.83. The summed E-state index contributed by atoms with van der Waals surface area (Å²) in [6.45, 7) is 2.87. The minimum absolute atomic E-state index is 0.0612. The van der Waals surface area contributed by atoms with Crippen molar-refractivity contribution >= 4 is 21.6 Å². The standard InChI is InChI=1S/C12H16F2N2O3S/c1-8(2)16(20(3,18)19)7-12(17)15-9-4-5-10(13)11(14)6-9/h4-6,8H,7H2,1-3H3,(H,15,17). The third-order valence-corrected chi connectivity index (χ3v) is 3.91. The fraction of sp³-hybridized carbons (Fsp3) is 0.417. The second-order valence-corrected chi connectivity index (χ2v) is 6.51. The molecule has 0 fully saturated rings. The van der Waals surface area contributed by atoms with E-state index in [4.69, 9.17) is 0 Å². The lowest BCUT2D eigenvalue weighted by Crippen LogP contribution is -2.41. The molecule has 1 aromatic carbocycles. The van der Waals surface area contributed by atoms with Crippen molar-refractivity contribution in [3.05, 3.63) is 29.8 Å². The van der Waals surface area contributed by atoms with E-state index in [9.17, 15) is 22.0 Å². The molecule has 0 heterocycles. The maximum Gasteiger partial charge on any atom is 0.239 e. The van der Waals surface area contributed by atoms with Crippen molar-refractivity contribution in [3.8, 4) is 0 Å². The molecular weight excluding hydrogens is 290 g/mol.